The van der Waals surface area contributed by atoms with Gasteiger partial charge in [-0.1, -0.05) is 23.7 Å². The quantitative estimate of drug-likeness (QED) is 0.400. The van der Waals surface area contributed by atoms with Gasteiger partial charge >= 0.3 is 5.97 Å². The fourth-order valence-corrected chi connectivity index (χ4v) is 4.66. The standard InChI is InChI=1S/C27H22ClN5O4/c1-32-23(9-11-30-32)21-12-16(5-7-19(21)27(36)37)15-33-24(14-18-4-2-3-10-29-18)25(34)31-22-13-17(28)6-8-20(22)26(33)35/h2-13,24H,14-15H2,1H3,(H,31,34)(H,36,37)/t24-/m1/s1. The van der Waals surface area contributed by atoms with E-state index in [1.54, 1.807) is 72.7 Å². The minimum Gasteiger partial charge on any atom is -0.478 e. The first kappa shape index (κ1) is 24.2. The van der Waals surface area contributed by atoms with E-state index in [2.05, 4.69) is 15.4 Å². The second kappa shape index (κ2) is 9.87. The molecule has 0 saturated carbocycles. The van der Waals surface area contributed by atoms with Crippen molar-refractivity contribution in [2.45, 2.75) is 19.0 Å². The molecule has 1 atom stereocenters. The van der Waals surface area contributed by atoms with Crippen LogP contribution < -0.4 is 5.32 Å². The molecular formula is C27H22ClN5O4. The molecular weight excluding hydrogens is 494 g/mol. The van der Waals surface area contributed by atoms with Gasteiger partial charge in [-0.15, -0.1) is 0 Å². The van der Waals surface area contributed by atoms with Crippen LogP contribution in [-0.4, -0.2) is 48.6 Å². The third-order valence-electron chi connectivity index (χ3n) is 6.30. The molecule has 3 heterocycles. The summed E-state index contributed by atoms with van der Waals surface area (Å²) < 4.78 is 1.58. The first-order valence-corrected chi connectivity index (χ1v) is 11.9. The number of hydrogen-bond acceptors (Lipinski definition) is 5. The Kier molecular flexibility index (Phi) is 6.45. The van der Waals surface area contributed by atoms with Gasteiger partial charge < -0.3 is 15.3 Å². The number of aromatic carboxylic acids is 1. The van der Waals surface area contributed by atoms with Crippen LogP contribution in [0.2, 0.25) is 5.02 Å². The highest BCUT2D eigenvalue weighted by atomic mass is 35.5. The zero-order valence-corrected chi connectivity index (χ0v) is 20.5. The summed E-state index contributed by atoms with van der Waals surface area (Å²) in [4.78, 5) is 45.0. The second-order valence-electron chi connectivity index (χ2n) is 8.68. The zero-order valence-electron chi connectivity index (χ0n) is 19.8. The summed E-state index contributed by atoms with van der Waals surface area (Å²) in [5.41, 5.74) is 3.15. The molecule has 0 unspecified atom stereocenters. The average Bonchev–Trinajstić information content (AvgIpc) is 3.28. The molecule has 10 heteroatoms. The van der Waals surface area contributed by atoms with Gasteiger partial charge in [0.05, 0.1) is 22.5 Å². The lowest BCUT2D eigenvalue weighted by Crippen LogP contribution is -2.46. The fraction of sp³-hybridized carbons (Fsp3) is 0.148. The summed E-state index contributed by atoms with van der Waals surface area (Å²) in [5.74, 6) is -1.80. The second-order valence-corrected chi connectivity index (χ2v) is 9.11. The Morgan fingerprint density at radius 2 is 1.89 bits per heavy atom. The van der Waals surface area contributed by atoms with Crippen LogP contribution in [-0.2, 0) is 24.8 Å². The molecule has 4 aromatic rings. The van der Waals surface area contributed by atoms with E-state index in [0.29, 0.717) is 38.8 Å². The molecule has 2 aromatic carbocycles. The summed E-state index contributed by atoms with van der Waals surface area (Å²) >= 11 is 6.14. The number of halogens is 1. The minimum absolute atomic E-state index is 0.0660. The lowest BCUT2D eigenvalue weighted by atomic mass is 9.99. The Balaban J connectivity index is 1.59. The van der Waals surface area contributed by atoms with Crippen molar-refractivity contribution in [1.29, 1.82) is 0 Å². The van der Waals surface area contributed by atoms with Crippen molar-refractivity contribution in [3.8, 4) is 11.3 Å². The van der Waals surface area contributed by atoms with Crippen molar-refractivity contribution in [1.82, 2.24) is 19.7 Å². The molecule has 0 saturated heterocycles. The largest absolute Gasteiger partial charge is 0.478 e. The maximum atomic E-state index is 13.8. The van der Waals surface area contributed by atoms with Crippen LogP contribution in [0.5, 0.6) is 0 Å². The molecule has 186 valence electrons. The molecule has 1 aliphatic rings. The molecule has 2 N–H and O–H groups in total. The SMILES string of the molecule is Cn1nccc1-c1cc(CN2C(=O)c3ccc(Cl)cc3NC(=O)[C@H]2Cc2ccccn2)ccc1C(=O)O. The van der Waals surface area contributed by atoms with Crippen LogP contribution in [0.4, 0.5) is 5.69 Å². The maximum Gasteiger partial charge on any atom is 0.336 e. The highest BCUT2D eigenvalue weighted by molar-refractivity contribution is 6.31. The number of anilines is 1. The number of carboxylic acid groups (broad SMARTS) is 1. The number of nitrogens with zero attached hydrogens (tertiary/aromatic N) is 4. The summed E-state index contributed by atoms with van der Waals surface area (Å²) in [5, 5.41) is 17.1. The fourth-order valence-electron chi connectivity index (χ4n) is 4.49. The molecule has 0 bridgehead atoms. The smallest absolute Gasteiger partial charge is 0.336 e. The molecule has 37 heavy (non-hydrogen) atoms. The average molecular weight is 516 g/mol. The lowest BCUT2D eigenvalue weighted by Gasteiger charge is -2.29. The highest BCUT2D eigenvalue weighted by Gasteiger charge is 2.36. The number of hydrogen-bond donors (Lipinski definition) is 2. The monoisotopic (exact) mass is 515 g/mol. The predicted molar refractivity (Wildman–Crippen MR) is 137 cm³/mol. The van der Waals surface area contributed by atoms with E-state index in [1.807, 2.05) is 6.07 Å². The number of rotatable bonds is 6. The summed E-state index contributed by atoms with van der Waals surface area (Å²) in [6, 6.07) is 15.9. The third-order valence-corrected chi connectivity index (χ3v) is 6.54. The first-order chi connectivity index (χ1) is 17.8. The number of benzene rings is 2. The lowest BCUT2D eigenvalue weighted by molar-refractivity contribution is -0.120. The number of fused-ring (bicyclic) bond motifs is 1. The van der Waals surface area contributed by atoms with Crippen molar-refractivity contribution >= 4 is 35.1 Å². The number of carboxylic acids is 1. The number of carbonyl (C=O) groups excluding carboxylic acids is 2. The van der Waals surface area contributed by atoms with Gasteiger partial charge in [-0.05, 0) is 54.1 Å². The van der Waals surface area contributed by atoms with E-state index in [-0.39, 0.29) is 30.3 Å². The number of amides is 2. The van der Waals surface area contributed by atoms with Gasteiger partial charge in [0.25, 0.3) is 5.91 Å². The summed E-state index contributed by atoms with van der Waals surface area (Å²) in [6.07, 6.45) is 3.42. The molecule has 5 rings (SSSR count). The highest BCUT2D eigenvalue weighted by Crippen LogP contribution is 2.30. The molecule has 2 aromatic heterocycles. The van der Waals surface area contributed by atoms with E-state index in [0.717, 1.165) is 0 Å². The normalized spacial score (nSPS) is 15.2. The van der Waals surface area contributed by atoms with Crippen LogP contribution in [0.1, 0.15) is 32.0 Å². The maximum absolute atomic E-state index is 13.8. The van der Waals surface area contributed by atoms with Crippen molar-refractivity contribution < 1.29 is 19.5 Å². The van der Waals surface area contributed by atoms with Gasteiger partial charge in [0, 0.05) is 48.7 Å². The van der Waals surface area contributed by atoms with E-state index in [1.165, 1.54) is 11.0 Å². The summed E-state index contributed by atoms with van der Waals surface area (Å²) in [6.45, 7) is 0.0660. The number of aryl methyl sites for hydroxylation is 1. The van der Waals surface area contributed by atoms with Gasteiger partial charge in [-0.2, -0.15) is 5.10 Å². The van der Waals surface area contributed by atoms with Crippen molar-refractivity contribution in [2.24, 2.45) is 7.05 Å². The van der Waals surface area contributed by atoms with Crippen molar-refractivity contribution in [3.63, 3.8) is 0 Å². The van der Waals surface area contributed by atoms with E-state index >= 15 is 0 Å². The topological polar surface area (TPSA) is 117 Å². The Labute approximate surface area is 217 Å². The molecule has 9 nitrogen and oxygen atoms in total. The van der Waals surface area contributed by atoms with Crippen LogP contribution in [0, 0.1) is 0 Å². The molecule has 0 spiro atoms. The van der Waals surface area contributed by atoms with E-state index in [4.69, 9.17) is 11.6 Å². The molecule has 2 amide bonds. The molecule has 0 fully saturated rings. The number of nitrogens with one attached hydrogen (secondary N) is 1. The van der Waals surface area contributed by atoms with Gasteiger partial charge in [0.2, 0.25) is 5.91 Å². The predicted octanol–water partition coefficient (Wildman–Crippen LogP) is 4.04. The first-order valence-electron chi connectivity index (χ1n) is 11.5. The van der Waals surface area contributed by atoms with E-state index < -0.39 is 12.0 Å². The Morgan fingerprint density at radius 1 is 1.05 bits per heavy atom. The Morgan fingerprint density at radius 3 is 2.59 bits per heavy atom. The number of aromatic nitrogens is 3. The van der Waals surface area contributed by atoms with Gasteiger partial charge in [0.1, 0.15) is 6.04 Å². The van der Waals surface area contributed by atoms with Crippen molar-refractivity contribution in [3.05, 3.63) is 100 Å². The Hall–Kier alpha value is -4.50. The van der Waals surface area contributed by atoms with Crippen LogP contribution in [0.15, 0.2) is 73.1 Å². The van der Waals surface area contributed by atoms with Crippen LogP contribution >= 0.6 is 11.6 Å². The molecule has 0 radical (unpaired) electrons. The molecule has 1 aliphatic heterocycles. The third kappa shape index (κ3) is 4.81. The van der Waals surface area contributed by atoms with Crippen LogP contribution in [0.25, 0.3) is 11.3 Å². The number of pyridine rings is 1. The van der Waals surface area contributed by atoms with Gasteiger partial charge in [-0.25, -0.2) is 4.79 Å². The Bertz CT molecular complexity index is 1520. The minimum atomic E-state index is -1.08. The van der Waals surface area contributed by atoms with Gasteiger partial charge in [0.15, 0.2) is 0 Å². The number of carbonyl (C=O) groups is 3. The zero-order chi connectivity index (χ0) is 26.1. The van der Waals surface area contributed by atoms with Crippen LogP contribution in [0.3, 0.4) is 0 Å². The molecule has 0 aliphatic carbocycles. The van der Waals surface area contributed by atoms with E-state index in [9.17, 15) is 19.5 Å². The summed E-state index contributed by atoms with van der Waals surface area (Å²) in [7, 11) is 1.72. The van der Waals surface area contributed by atoms with Gasteiger partial charge in [-0.3, -0.25) is 19.3 Å². The van der Waals surface area contributed by atoms with Crippen molar-refractivity contribution in [2.75, 3.05) is 5.32 Å².